The summed E-state index contributed by atoms with van der Waals surface area (Å²) in [6.07, 6.45) is 2.14. The van der Waals surface area contributed by atoms with Crippen molar-refractivity contribution in [2.45, 2.75) is 42.3 Å². The van der Waals surface area contributed by atoms with E-state index in [1.165, 1.54) is 0 Å². The third kappa shape index (κ3) is 2.67. The van der Waals surface area contributed by atoms with Gasteiger partial charge in [0, 0.05) is 29.7 Å². The van der Waals surface area contributed by atoms with Gasteiger partial charge in [-0.1, -0.05) is 12.1 Å². The highest BCUT2D eigenvalue weighted by atomic mass is 32.2. The molecule has 1 N–H and O–H groups in total. The number of carbonyl (C=O) groups excluding carboxylic acids is 2. The van der Waals surface area contributed by atoms with Gasteiger partial charge in [0.15, 0.2) is 6.10 Å². The second kappa shape index (κ2) is 5.50. The zero-order chi connectivity index (χ0) is 15.1. The molecule has 0 bridgehead atoms. The molecule has 1 saturated heterocycles. The minimum Gasteiger partial charge on any atom is -0.479 e. The van der Waals surface area contributed by atoms with E-state index in [1.54, 1.807) is 11.8 Å². The third-order valence-electron chi connectivity index (χ3n) is 4.29. The first-order valence-electron chi connectivity index (χ1n) is 7.69. The van der Waals surface area contributed by atoms with Crippen LogP contribution in [0.4, 0.5) is 0 Å². The second-order valence-corrected chi connectivity index (χ2v) is 7.11. The monoisotopic (exact) mass is 318 g/mol. The molecule has 2 atom stereocenters. The number of carbonyl (C=O) groups is 2. The molecule has 1 aromatic carbocycles. The molecule has 2 heterocycles. The van der Waals surface area contributed by atoms with Crippen molar-refractivity contribution in [2.24, 2.45) is 0 Å². The van der Waals surface area contributed by atoms with Gasteiger partial charge in [-0.2, -0.15) is 0 Å². The van der Waals surface area contributed by atoms with Crippen LogP contribution < -0.4 is 10.1 Å². The number of nitrogens with zero attached hydrogens (tertiary/aromatic N) is 1. The Bertz CT molecular complexity index is 617. The molecule has 0 radical (unpaired) electrons. The SMILES string of the molecule is O=C(NC1CC(=O)N(C2CC2)C1)C1CSc2ccccc2O1. The van der Waals surface area contributed by atoms with Crippen LogP contribution in [0.1, 0.15) is 19.3 Å². The average Bonchev–Trinajstić information content (AvgIpc) is 3.31. The molecule has 4 rings (SSSR count). The molecular weight excluding hydrogens is 300 g/mol. The number of nitrogens with one attached hydrogen (secondary N) is 1. The zero-order valence-corrected chi connectivity index (χ0v) is 13.0. The lowest BCUT2D eigenvalue weighted by molar-refractivity contribution is -0.128. The maximum absolute atomic E-state index is 12.4. The minimum atomic E-state index is -0.482. The maximum atomic E-state index is 12.4. The third-order valence-corrected chi connectivity index (χ3v) is 5.41. The molecule has 22 heavy (non-hydrogen) atoms. The Kier molecular flexibility index (Phi) is 3.48. The van der Waals surface area contributed by atoms with Gasteiger partial charge in [-0.3, -0.25) is 9.59 Å². The molecule has 0 spiro atoms. The van der Waals surface area contributed by atoms with Crippen molar-refractivity contribution in [3.05, 3.63) is 24.3 Å². The first kappa shape index (κ1) is 13.9. The lowest BCUT2D eigenvalue weighted by atomic mass is 10.2. The number of ether oxygens (including phenoxy) is 1. The van der Waals surface area contributed by atoms with Gasteiger partial charge in [0.05, 0.1) is 6.04 Å². The highest BCUT2D eigenvalue weighted by Gasteiger charge is 2.40. The highest BCUT2D eigenvalue weighted by Crippen LogP contribution is 2.35. The molecule has 116 valence electrons. The topological polar surface area (TPSA) is 58.6 Å². The van der Waals surface area contributed by atoms with Crippen LogP contribution in [0.25, 0.3) is 0 Å². The van der Waals surface area contributed by atoms with E-state index in [0.29, 0.717) is 24.8 Å². The Morgan fingerprint density at radius 1 is 1.32 bits per heavy atom. The van der Waals surface area contributed by atoms with E-state index in [4.69, 9.17) is 4.74 Å². The summed E-state index contributed by atoms with van der Waals surface area (Å²) >= 11 is 1.64. The summed E-state index contributed by atoms with van der Waals surface area (Å²) in [5.41, 5.74) is 0. The Labute approximate surface area is 133 Å². The average molecular weight is 318 g/mol. The Morgan fingerprint density at radius 2 is 2.14 bits per heavy atom. The van der Waals surface area contributed by atoms with Gasteiger partial charge in [-0.15, -0.1) is 11.8 Å². The molecule has 6 heteroatoms. The van der Waals surface area contributed by atoms with Gasteiger partial charge in [-0.25, -0.2) is 0 Å². The van der Waals surface area contributed by atoms with E-state index in [9.17, 15) is 9.59 Å². The predicted octanol–water partition coefficient (Wildman–Crippen LogP) is 1.42. The molecule has 1 aliphatic carbocycles. The van der Waals surface area contributed by atoms with Gasteiger partial charge in [0.25, 0.3) is 5.91 Å². The van der Waals surface area contributed by atoms with Crippen LogP contribution in [-0.2, 0) is 9.59 Å². The van der Waals surface area contributed by atoms with Gasteiger partial charge in [-0.05, 0) is 25.0 Å². The van der Waals surface area contributed by atoms with E-state index in [2.05, 4.69) is 5.32 Å². The largest absolute Gasteiger partial charge is 0.479 e. The summed E-state index contributed by atoms with van der Waals surface area (Å²) in [5, 5.41) is 2.98. The van der Waals surface area contributed by atoms with Gasteiger partial charge < -0.3 is 15.0 Å². The standard InChI is InChI=1S/C16H18N2O3S/c19-15-7-10(8-18(15)11-5-6-11)17-16(20)13-9-22-14-4-2-1-3-12(14)21-13/h1-4,10-11,13H,5-9H2,(H,17,20). The van der Waals surface area contributed by atoms with Gasteiger partial charge in [0.2, 0.25) is 5.91 Å². The molecule has 0 aromatic heterocycles. The summed E-state index contributed by atoms with van der Waals surface area (Å²) in [6.45, 7) is 0.645. The molecule has 5 nitrogen and oxygen atoms in total. The van der Waals surface area contributed by atoms with Crippen molar-refractivity contribution >= 4 is 23.6 Å². The summed E-state index contributed by atoms with van der Waals surface area (Å²) in [5.74, 6) is 1.42. The number of benzene rings is 1. The van der Waals surface area contributed by atoms with Crippen LogP contribution in [0.2, 0.25) is 0 Å². The van der Waals surface area contributed by atoms with Crippen LogP contribution in [0, 0.1) is 0 Å². The number of amides is 2. The Morgan fingerprint density at radius 3 is 2.95 bits per heavy atom. The lowest BCUT2D eigenvalue weighted by Gasteiger charge is -2.26. The number of hydrogen-bond donors (Lipinski definition) is 1. The molecule has 3 aliphatic rings. The van der Waals surface area contributed by atoms with Crippen molar-refractivity contribution in [1.82, 2.24) is 10.2 Å². The van der Waals surface area contributed by atoms with Crippen molar-refractivity contribution in [1.29, 1.82) is 0 Å². The van der Waals surface area contributed by atoms with Crippen molar-refractivity contribution in [3.8, 4) is 5.75 Å². The smallest absolute Gasteiger partial charge is 0.262 e. The van der Waals surface area contributed by atoms with Crippen LogP contribution >= 0.6 is 11.8 Å². The van der Waals surface area contributed by atoms with Crippen LogP contribution in [-0.4, -0.2) is 47.2 Å². The first-order valence-corrected chi connectivity index (χ1v) is 8.67. The molecule has 2 amide bonds. The van der Waals surface area contributed by atoms with E-state index in [0.717, 1.165) is 23.5 Å². The summed E-state index contributed by atoms with van der Waals surface area (Å²) < 4.78 is 5.79. The second-order valence-electron chi connectivity index (χ2n) is 6.05. The predicted molar refractivity (Wildman–Crippen MR) is 82.9 cm³/mol. The van der Waals surface area contributed by atoms with Gasteiger partial charge in [0.1, 0.15) is 5.75 Å². The Hall–Kier alpha value is -1.69. The van der Waals surface area contributed by atoms with Crippen LogP contribution in [0.15, 0.2) is 29.2 Å². The van der Waals surface area contributed by atoms with Crippen molar-refractivity contribution in [2.75, 3.05) is 12.3 Å². The molecule has 2 fully saturated rings. The molecule has 2 unspecified atom stereocenters. The molecule has 1 saturated carbocycles. The quantitative estimate of drug-likeness (QED) is 0.916. The van der Waals surface area contributed by atoms with E-state index in [-0.39, 0.29) is 17.9 Å². The normalized spacial score (nSPS) is 27.3. The molecule has 1 aromatic rings. The number of para-hydroxylation sites is 1. The summed E-state index contributed by atoms with van der Waals surface area (Å²) in [4.78, 5) is 27.3. The van der Waals surface area contributed by atoms with Crippen LogP contribution in [0.3, 0.4) is 0 Å². The number of rotatable bonds is 3. The van der Waals surface area contributed by atoms with Crippen LogP contribution in [0.5, 0.6) is 5.75 Å². The maximum Gasteiger partial charge on any atom is 0.262 e. The van der Waals surface area contributed by atoms with Crippen molar-refractivity contribution in [3.63, 3.8) is 0 Å². The van der Waals surface area contributed by atoms with Gasteiger partial charge >= 0.3 is 0 Å². The lowest BCUT2D eigenvalue weighted by Crippen LogP contribution is -2.46. The van der Waals surface area contributed by atoms with E-state index in [1.807, 2.05) is 29.2 Å². The van der Waals surface area contributed by atoms with E-state index < -0.39 is 6.10 Å². The minimum absolute atomic E-state index is 0.0774. The summed E-state index contributed by atoms with van der Waals surface area (Å²) in [7, 11) is 0. The first-order chi connectivity index (χ1) is 10.7. The van der Waals surface area contributed by atoms with E-state index >= 15 is 0 Å². The fourth-order valence-corrected chi connectivity index (χ4v) is 3.99. The number of likely N-dealkylation sites (tertiary alicyclic amines) is 1. The molecule has 2 aliphatic heterocycles. The molecular formula is C16H18N2O3S. The number of thioether (sulfide) groups is 1. The zero-order valence-electron chi connectivity index (χ0n) is 12.2. The fraction of sp³-hybridized carbons (Fsp3) is 0.500. The van der Waals surface area contributed by atoms with Crippen molar-refractivity contribution < 1.29 is 14.3 Å². The number of fused-ring (bicyclic) bond motifs is 1. The summed E-state index contributed by atoms with van der Waals surface area (Å²) in [6, 6.07) is 8.09. The fourth-order valence-electron chi connectivity index (χ4n) is 3.01. The number of hydrogen-bond acceptors (Lipinski definition) is 4. The Balaban J connectivity index is 1.36. The highest BCUT2D eigenvalue weighted by molar-refractivity contribution is 7.99.